The van der Waals surface area contributed by atoms with E-state index < -0.39 is 12.1 Å². The number of carbonyl (C=O) groups is 2. The van der Waals surface area contributed by atoms with Gasteiger partial charge in [0.1, 0.15) is 6.04 Å². The Morgan fingerprint density at radius 2 is 2.08 bits per heavy atom. The number of imide groups is 1. The maximum absolute atomic E-state index is 11.1. The van der Waals surface area contributed by atoms with Gasteiger partial charge in [-0.25, -0.2) is 4.79 Å². The number of carbonyl (C=O) groups excluding carboxylic acids is 2. The molecule has 0 aromatic heterocycles. The van der Waals surface area contributed by atoms with Gasteiger partial charge in [-0.2, -0.15) is 0 Å². The van der Waals surface area contributed by atoms with Crippen LogP contribution in [0.3, 0.4) is 0 Å². The van der Waals surface area contributed by atoms with E-state index in [1.54, 1.807) is 0 Å². The Balaban J connectivity index is 2.71. The first kappa shape index (κ1) is 8.77. The van der Waals surface area contributed by atoms with Gasteiger partial charge in [0, 0.05) is 0 Å². The van der Waals surface area contributed by atoms with Crippen LogP contribution in [0.5, 0.6) is 0 Å². The van der Waals surface area contributed by atoms with E-state index in [1.165, 1.54) is 0 Å². The highest BCUT2D eigenvalue weighted by Gasteiger charge is 2.32. The van der Waals surface area contributed by atoms with E-state index in [2.05, 4.69) is 17.2 Å². The van der Waals surface area contributed by atoms with Crippen LogP contribution in [-0.4, -0.2) is 18.0 Å². The zero-order valence-electron chi connectivity index (χ0n) is 7.18. The minimum Gasteiger partial charge on any atom is -0.322 e. The molecule has 4 heteroatoms. The molecule has 3 amide bonds. The summed E-state index contributed by atoms with van der Waals surface area (Å²) in [7, 11) is 0. The Kier molecular flexibility index (Phi) is 2.17. The number of nitrogens with one attached hydrogen (secondary N) is 2. The van der Waals surface area contributed by atoms with Crippen LogP contribution in [0.2, 0.25) is 0 Å². The van der Waals surface area contributed by atoms with Crippen LogP contribution in [-0.2, 0) is 4.79 Å². The van der Waals surface area contributed by atoms with Crippen molar-refractivity contribution in [3.8, 4) is 0 Å². The van der Waals surface area contributed by atoms with Gasteiger partial charge < -0.3 is 5.32 Å². The first-order chi connectivity index (χ1) is 5.52. The Morgan fingerprint density at radius 1 is 1.50 bits per heavy atom. The predicted molar refractivity (Wildman–Crippen MR) is 44.4 cm³/mol. The van der Waals surface area contributed by atoms with Gasteiger partial charge >= 0.3 is 6.03 Å². The molecule has 1 heterocycles. The normalized spacial score (nSPS) is 22.4. The fourth-order valence-corrected chi connectivity index (χ4v) is 1.01. The molecular formula is C8H12N2O2. The van der Waals surface area contributed by atoms with Crippen molar-refractivity contribution >= 4 is 11.9 Å². The fraction of sp³-hybridized carbons (Fsp3) is 0.500. The Bertz CT molecular complexity index is 245. The first-order valence-electron chi connectivity index (χ1n) is 3.82. The Hall–Kier alpha value is -1.32. The van der Waals surface area contributed by atoms with Gasteiger partial charge in [-0.15, -0.1) is 0 Å². The third-order valence-corrected chi connectivity index (χ3v) is 1.89. The van der Waals surface area contributed by atoms with Gasteiger partial charge in [-0.3, -0.25) is 10.1 Å². The number of rotatable bonds is 2. The smallest absolute Gasteiger partial charge is 0.322 e. The monoisotopic (exact) mass is 168 g/mol. The van der Waals surface area contributed by atoms with Crippen molar-refractivity contribution in [3.63, 3.8) is 0 Å². The molecule has 4 nitrogen and oxygen atoms in total. The summed E-state index contributed by atoms with van der Waals surface area (Å²) in [6.07, 6.45) is 0. The second-order valence-electron chi connectivity index (χ2n) is 3.13. The second kappa shape index (κ2) is 2.97. The van der Waals surface area contributed by atoms with Gasteiger partial charge in [0.2, 0.25) is 0 Å². The van der Waals surface area contributed by atoms with Crippen LogP contribution in [0.25, 0.3) is 0 Å². The summed E-state index contributed by atoms with van der Waals surface area (Å²) in [5, 5.41) is 4.64. The van der Waals surface area contributed by atoms with Gasteiger partial charge in [0.15, 0.2) is 0 Å². The zero-order valence-corrected chi connectivity index (χ0v) is 7.18. The first-order valence-corrected chi connectivity index (χ1v) is 3.82. The standard InChI is InChI=1S/C8H12N2O2/c1-4(2)5(3)6-7(11)10-8(12)9-6/h4,6H,3H2,1-2H3,(H2,9,10,11,12). The molecule has 66 valence electrons. The van der Waals surface area contributed by atoms with Crippen molar-refractivity contribution in [2.45, 2.75) is 19.9 Å². The number of amides is 3. The topological polar surface area (TPSA) is 58.2 Å². The molecule has 1 rings (SSSR count). The molecule has 0 radical (unpaired) electrons. The minimum absolute atomic E-state index is 0.194. The second-order valence-corrected chi connectivity index (χ2v) is 3.13. The van der Waals surface area contributed by atoms with Crippen LogP contribution in [0.15, 0.2) is 12.2 Å². The van der Waals surface area contributed by atoms with Crippen molar-refractivity contribution < 1.29 is 9.59 Å². The molecule has 0 bridgehead atoms. The molecular weight excluding hydrogens is 156 g/mol. The summed E-state index contributed by atoms with van der Waals surface area (Å²) >= 11 is 0. The highest BCUT2D eigenvalue weighted by atomic mass is 16.2. The number of hydrogen-bond donors (Lipinski definition) is 2. The third kappa shape index (κ3) is 1.47. The van der Waals surface area contributed by atoms with E-state index in [0.717, 1.165) is 5.57 Å². The van der Waals surface area contributed by atoms with Crippen molar-refractivity contribution in [2.24, 2.45) is 5.92 Å². The van der Waals surface area contributed by atoms with Crippen LogP contribution >= 0.6 is 0 Å². The van der Waals surface area contributed by atoms with E-state index >= 15 is 0 Å². The van der Waals surface area contributed by atoms with Crippen LogP contribution < -0.4 is 10.6 Å². The quantitative estimate of drug-likeness (QED) is 0.463. The summed E-state index contributed by atoms with van der Waals surface area (Å²) < 4.78 is 0. The van der Waals surface area contributed by atoms with Gasteiger partial charge in [0.25, 0.3) is 5.91 Å². The average molecular weight is 168 g/mol. The molecule has 2 N–H and O–H groups in total. The van der Waals surface area contributed by atoms with E-state index in [0.29, 0.717) is 0 Å². The Labute approximate surface area is 71.0 Å². The molecule has 1 aliphatic heterocycles. The summed E-state index contributed by atoms with van der Waals surface area (Å²) in [5.74, 6) is -0.113. The van der Waals surface area contributed by atoms with Gasteiger partial charge in [-0.05, 0) is 11.5 Å². The van der Waals surface area contributed by atoms with E-state index in [9.17, 15) is 9.59 Å². The molecule has 0 saturated carbocycles. The highest BCUT2D eigenvalue weighted by molar-refractivity contribution is 6.05. The van der Waals surface area contributed by atoms with E-state index in [4.69, 9.17) is 0 Å². The molecule has 1 atom stereocenters. The lowest BCUT2D eigenvalue weighted by Crippen LogP contribution is -2.32. The maximum atomic E-state index is 11.1. The van der Waals surface area contributed by atoms with E-state index in [1.807, 2.05) is 13.8 Å². The summed E-state index contributed by atoms with van der Waals surface area (Å²) in [5.41, 5.74) is 0.735. The summed E-state index contributed by atoms with van der Waals surface area (Å²) in [4.78, 5) is 21.8. The van der Waals surface area contributed by atoms with Crippen molar-refractivity contribution in [2.75, 3.05) is 0 Å². The van der Waals surface area contributed by atoms with Crippen LogP contribution in [0, 0.1) is 5.92 Å². The van der Waals surface area contributed by atoms with Gasteiger partial charge in [-0.1, -0.05) is 20.4 Å². The van der Waals surface area contributed by atoms with Crippen LogP contribution in [0.1, 0.15) is 13.8 Å². The molecule has 12 heavy (non-hydrogen) atoms. The molecule has 1 unspecified atom stereocenters. The molecule has 0 aromatic rings. The third-order valence-electron chi connectivity index (χ3n) is 1.89. The molecule has 1 aliphatic rings. The fourth-order valence-electron chi connectivity index (χ4n) is 1.01. The highest BCUT2D eigenvalue weighted by Crippen LogP contribution is 2.13. The minimum atomic E-state index is -0.544. The average Bonchev–Trinajstić information content (AvgIpc) is 2.28. The molecule has 0 aromatic carbocycles. The number of hydrogen-bond acceptors (Lipinski definition) is 2. The lowest BCUT2D eigenvalue weighted by molar-refractivity contribution is -0.119. The van der Waals surface area contributed by atoms with Crippen molar-refractivity contribution in [3.05, 3.63) is 12.2 Å². The largest absolute Gasteiger partial charge is 0.322 e. The lowest BCUT2D eigenvalue weighted by atomic mass is 9.98. The van der Waals surface area contributed by atoms with Gasteiger partial charge in [0.05, 0.1) is 0 Å². The molecule has 1 fully saturated rings. The Morgan fingerprint density at radius 3 is 2.42 bits per heavy atom. The van der Waals surface area contributed by atoms with Crippen molar-refractivity contribution in [1.82, 2.24) is 10.6 Å². The molecule has 0 aliphatic carbocycles. The van der Waals surface area contributed by atoms with E-state index in [-0.39, 0.29) is 11.8 Å². The predicted octanol–water partition coefficient (Wildman–Crippen LogP) is 0.407. The summed E-state index contributed by atoms with van der Waals surface area (Å²) in [6, 6.07) is -0.982. The van der Waals surface area contributed by atoms with Crippen LogP contribution in [0.4, 0.5) is 4.79 Å². The maximum Gasteiger partial charge on any atom is 0.322 e. The summed E-state index contributed by atoms with van der Waals surface area (Å²) in [6.45, 7) is 7.61. The molecule has 1 saturated heterocycles. The number of urea groups is 1. The van der Waals surface area contributed by atoms with Crippen molar-refractivity contribution in [1.29, 1.82) is 0 Å². The SMILES string of the molecule is C=C(C(C)C)C1NC(=O)NC1=O. The molecule has 0 spiro atoms. The zero-order chi connectivity index (χ0) is 9.30. The lowest BCUT2D eigenvalue weighted by Gasteiger charge is -2.13.